The number of rotatable bonds is 9. The molecule has 1 amide bonds. The molecular formula is C35H55NO4. The van der Waals surface area contributed by atoms with Crippen LogP contribution in [0.4, 0.5) is 0 Å². The van der Waals surface area contributed by atoms with Crippen molar-refractivity contribution < 1.29 is 19.1 Å². The van der Waals surface area contributed by atoms with E-state index in [-0.39, 0.29) is 23.4 Å². The molecule has 0 spiro atoms. The molecule has 5 heteroatoms. The van der Waals surface area contributed by atoms with E-state index in [0.717, 1.165) is 62.8 Å². The van der Waals surface area contributed by atoms with E-state index >= 15 is 0 Å². The zero-order chi connectivity index (χ0) is 28.8. The summed E-state index contributed by atoms with van der Waals surface area (Å²) in [7, 11) is 0. The van der Waals surface area contributed by atoms with Gasteiger partial charge in [-0.1, -0.05) is 46.3 Å². The van der Waals surface area contributed by atoms with Gasteiger partial charge in [0.05, 0.1) is 5.76 Å². The highest BCUT2D eigenvalue weighted by Crippen LogP contribution is 2.69. The second-order valence-corrected chi connectivity index (χ2v) is 15.1. The smallest absolute Gasteiger partial charge is 0.306 e. The summed E-state index contributed by atoms with van der Waals surface area (Å²) in [5.74, 6) is 5.02. The maximum absolute atomic E-state index is 12.4. The Kier molecular flexibility index (Phi) is 8.52. The largest absolute Gasteiger partial charge is 0.494 e. The van der Waals surface area contributed by atoms with E-state index in [1.54, 1.807) is 12.5 Å². The van der Waals surface area contributed by atoms with Crippen LogP contribution in [0.25, 0.3) is 0 Å². The van der Waals surface area contributed by atoms with Gasteiger partial charge in [-0.25, -0.2) is 0 Å². The lowest BCUT2D eigenvalue weighted by Gasteiger charge is -2.58. The Morgan fingerprint density at radius 3 is 2.62 bits per heavy atom. The lowest BCUT2D eigenvalue weighted by Crippen LogP contribution is -2.50. The maximum atomic E-state index is 12.4. The number of carbonyl (C=O) groups is 2. The monoisotopic (exact) mass is 553 g/mol. The maximum Gasteiger partial charge on any atom is 0.306 e. The third kappa shape index (κ3) is 5.52. The third-order valence-electron chi connectivity index (χ3n) is 12.1. The van der Waals surface area contributed by atoms with E-state index in [2.05, 4.69) is 52.9 Å². The Morgan fingerprint density at radius 2 is 1.90 bits per heavy atom. The summed E-state index contributed by atoms with van der Waals surface area (Å²) < 4.78 is 12.7. The molecule has 5 rings (SSSR count). The summed E-state index contributed by atoms with van der Waals surface area (Å²) in [6.45, 7) is 16.3. The molecule has 40 heavy (non-hydrogen) atoms. The fourth-order valence-electron chi connectivity index (χ4n) is 9.76. The average Bonchev–Trinajstić information content (AvgIpc) is 3.38. The first-order chi connectivity index (χ1) is 18.9. The van der Waals surface area contributed by atoms with Gasteiger partial charge < -0.3 is 14.8 Å². The van der Waals surface area contributed by atoms with Crippen molar-refractivity contribution in [1.82, 2.24) is 5.32 Å². The van der Waals surface area contributed by atoms with Crippen LogP contribution in [0, 0.1) is 46.3 Å². The molecule has 3 fully saturated rings. The van der Waals surface area contributed by atoms with Gasteiger partial charge >= 0.3 is 5.97 Å². The summed E-state index contributed by atoms with van der Waals surface area (Å²) >= 11 is 0. The first kappa shape index (κ1) is 29.7. The van der Waals surface area contributed by atoms with Crippen LogP contribution in [-0.2, 0) is 19.1 Å². The number of hydrogen-bond acceptors (Lipinski definition) is 4. The molecule has 224 valence electrons. The first-order valence-electron chi connectivity index (χ1n) is 16.4. The molecule has 0 bridgehead atoms. The molecule has 5 nitrogen and oxygen atoms in total. The summed E-state index contributed by atoms with van der Waals surface area (Å²) in [6.07, 6.45) is 14.5. The fraction of sp³-hybridized carbons (Fsp3) is 0.829. The predicted octanol–water partition coefficient (Wildman–Crippen LogP) is 7.75. The Labute approximate surface area is 243 Å². The summed E-state index contributed by atoms with van der Waals surface area (Å²) in [6, 6.07) is 0. The molecule has 0 aromatic carbocycles. The van der Waals surface area contributed by atoms with Crippen LogP contribution < -0.4 is 5.32 Å². The lowest BCUT2D eigenvalue weighted by atomic mass is 9.47. The van der Waals surface area contributed by atoms with Crippen LogP contribution in [0.15, 0.2) is 23.0 Å². The highest BCUT2D eigenvalue weighted by atomic mass is 16.5. The molecule has 3 saturated carbocycles. The van der Waals surface area contributed by atoms with E-state index in [9.17, 15) is 9.59 Å². The van der Waals surface area contributed by atoms with E-state index < -0.39 is 0 Å². The average molecular weight is 554 g/mol. The molecule has 0 aromatic rings. The quantitative estimate of drug-likeness (QED) is 0.234. The van der Waals surface area contributed by atoms with E-state index in [1.807, 2.05) is 0 Å². The molecular weight excluding hydrogens is 498 g/mol. The predicted molar refractivity (Wildman–Crippen MR) is 159 cm³/mol. The van der Waals surface area contributed by atoms with Crippen molar-refractivity contribution in [1.29, 1.82) is 0 Å². The molecule has 0 radical (unpaired) electrons. The minimum Gasteiger partial charge on any atom is -0.494 e. The van der Waals surface area contributed by atoms with Crippen LogP contribution in [-0.4, -0.2) is 30.6 Å². The molecule has 4 aliphatic carbocycles. The highest BCUT2D eigenvalue weighted by molar-refractivity contribution is 5.72. The van der Waals surface area contributed by atoms with Crippen molar-refractivity contribution in [3.8, 4) is 0 Å². The SMILES string of the molecule is CC(=O)NCC(C)CCC1=C(C)C2C(CC3C4CC=C5CC(OC(=O)CCC(C)C)CC[C@]5(C)C4CC[C@@]32C)O1. The van der Waals surface area contributed by atoms with Gasteiger partial charge in [0.1, 0.15) is 12.2 Å². The van der Waals surface area contributed by atoms with Crippen molar-refractivity contribution in [3.63, 3.8) is 0 Å². The zero-order valence-corrected chi connectivity index (χ0v) is 26.3. The molecule has 9 atom stereocenters. The second kappa shape index (κ2) is 11.5. The fourth-order valence-corrected chi connectivity index (χ4v) is 9.76. The second-order valence-electron chi connectivity index (χ2n) is 15.1. The standard InChI is InChI=1S/C35H55NO4/c1-21(2)8-13-32(38)39-26-14-16-34(6)25(18-26)10-11-27-28(34)15-17-35(7)29(27)19-31-33(35)23(4)30(40-31)12-9-22(3)20-36-24(5)37/h10,21-22,26-29,31,33H,8-9,11-20H2,1-7H3,(H,36,37)/t22?,26?,27?,28?,29?,31?,33?,34-,35-/m0/s1. The van der Waals surface area contributed by atoms with Gasteiger partial charge in [-0.15, -0.1) is 0 Å². The van der Waals surface area contributed by atoms with Gasteiger partial charge in [0.2, 0.25) is 5.91 Å². The number of hydrogen-bond donors (Lipinski definition) is 1. The highest BCUT2D eigenvalue weighted by Gasteiger charge is 2.63. The summed E-state index contributed by atoms with van der Waals surface area (Å²) in [4.78, 5) is 23.7. The van der Waals surface area contributed by atoms with Gasteiger partial charge in [0.25, 0.3) is 0 Å². The number of nitrogens with one attached hydrogen (secondary N) is 1. The number of fused-ring (bicyclic) bond motifs is 7. The molecule has 7 unspecified atom stereocenters. The Bertz CT molecular complexity index is 1040. The number of esters is 1. The molecule has 1 heterocycles. The lowest BCUT2D eigenvalue weighted by molar-refractivity contribution is -0.151. The van der Waals surface area contributed by atoms with Crippen molar-refractivity contribution >= 4 is 11.9 Å². The van der Waals surface area contributed by atoms with Crippen molar-refractivity contribution in [2.24, 2.45) is 46.3 Å². The summed E-state index contributed by atoms with van der Waals surface area (Å²) in [5, 5.41) is 2.96. The van der Waals surface area contributed by atoms with Crippen molar-refractivity contribution in [3.05, 3.63) is 23.0 Å². The normalized spacial score (nSPS) is 39.0. The third-order valence-corrected chi connectivity index (χ3v) is 12.1. The molecule has 1 N–H and O–H groups in total. The molecule has 0 aromatic heterocycles. The molecule has 0 saturated heterocycles. The van der Waals surface area contributed by atoms with Gasteiger partial charge in [-0.05, 0) is 104 Å². The number of amides is 1. The molecule has 1 aliphatic heterocycles. The van der Waals surface area contributed by atoms with E-state index in [4.69, 9.17) is 9.47 Å². The van der Waals surface area contributed by atoms with Crippen molar-refractivity contribution in [2.45, 2.75) is 131 Å². The number of carbonyl (C=O) groups excluding carboxylic acids is 2. The Morgan fingerprint density at radius 1 is 1.12 bits per heavy atom. The van der Waals surface area contributed by atoms with Crippen LogP contribution >= 0.6 is 0 Å². The van der Waals surface area contributed by atoms with E-state index in [0.29, 0.717) is 35.7 Å². The van der Waals surface area contributed by atoms with Crippen LogP contribution in [0.1, 0.15) is 119 Å². The Hall–Kier alpha value is -1.78. The van der Waals surface area contributed by atoms with Gasteiger partial charge in [-0.3, -0.25) is 9.59 Å². The van der Waals surface area contributed by atoms with E-state index in [1.165, 1.54) is 37.0 Å². The minimum atomic E-state index is -0.00695. The van der Waals surface area contributed by atoms with Crippen LogP contribution in [0.2, 0.25) is 0 Å². The van der Waals surface area contributed by atoms with Gasteiger partial charge in [-0.2, -0.15) is 0 Å². The van der Waals surface area contributed by atoms with Crippen molar-refractivity contribution in [2.75, 3.05) is 6.54 Å². The van der Waals surface area contributed by atoms with Gasteiger partial charge in [0, 0.05) is 38.6 Å². The number of ether oxygens (including phenoxy) is 2. The summed E-state index contributed by atoms with van der Waals surface area (Å²) in [5.41, 5.74) is 3.67. The van der Waals surface area contributed by atoms with Crippen LogP contribution in [0.3, 0.4) is 0 Å². The zero-order valence-electron chi connectivity index (χ0n) is 26.3. The topological polar surface area (TPSA) is 64.6 Å². The Balaban J connectivity index is 1.23. The number of allylic oxidation sites excluding steroid dienone is 2. The minimum absolute atomic E-state index is 0.00695. The first-order valence-corrected chi connectivity index (χ1v) is 16.4. The molecule has 5 aliphatic rings. The van der Waals surface area contributed by atoms with Crippen LogP contribution in [0.5, 0.6) is 0 Å². The van der Waals surface area contributed by atoms with Gasteiger partial charge in [0.15, 0.2) is 0 Å².